The van der Waals surface area contributed by atoms with Crippen molar-refractivity contribution in [1.29, 1.82) is 0 Å². The third-order valence-electron chi connectivity index (χ3n) is 4.13. The van der Waals surface area contributed by atoms with Crippen LogP contribution < -0.4 is 4.80 Å². The molecule has 0 aromatic carbocycles. The summed E-state index contributed by atoms with van der Waals surface area (Å²) in [7, 11) is 1.97. The van der Waals surface area contributed by atoms with Crippen LogP contribution in [-0.4, -0.2) is 20.3 Å². The SMILES string of the molecule is CCn1c2c(sc1=NC(=O)c1ccco1)CCc1c-2cnn1C. The number of nitrogens with zero attached hydrogens (tertiary/aromatic N) is 4. The zero-order chi connectivity index (χ0) is 16.0. The maximum absolute atomic E-state index is 12.2. The molecule has 3 heterocycles. The normalized spacial score (nSPS) is 13.9. The first kappa shape index (κ1) is 14.2. The van der Waals surface area contributed by atoms with E-state index in [1.807, 2.05) is 17.9 Å². The summed E-state index contributed by atoms with van der Waals surface area (Å²) in [6.45, 7) is 2.82. The van der Waals surface area contributed by atoms with Gasteiger partial charge in [-0.25, -0.2) is 0 Å². The summed E-state index contributed by atoms with van der Waals surface area (Å²) in [5.41, 5.74) is 3.54. The van der Waals surface area contributed by atoms with Gasteiger partial charge >= 0.3 is 5.91 Å². The van der Waals surface area contributed by atoms with Gasteiger partial charge in [0.25, 0.3) is 0 Å². The molecule has 0 spiro atoms. The van der Waals surface area contributed by atoms with Crippen molar-refractivity contribution in [1.82, 2.24) is 14.3 Å². The fraction of sp³-hybridized carbons (Fsp3) is 0.312. The Labute approximate surface area is 136 Å². The van der Waals surface area contributed by atoms with Gasteiger partial charge in [-0.3, -0.25) is 9.48 Å². The van der Waals surface area contributed by atoms with Gasteiger partial charge < -0.3 is 8.98 Å². The Hall–Kier alpha value is -2.41. The second-order valence-corrected chi connectivity index (χ2v) is 6.49. The summed E-state index contributed by atoms with van der Waals surface area (Å²) in [5, 5.41) is 4.38. The van der Waals surface area contributed by atoms with Gasteiger partial charge in [0, 0.05) is 29.7 Å². The van der Waals surface area contributed by atoms with Gasteiger partial charge in [-0.1, -0.05) is 0 Å². The summed E-state index contributed by atoms with van der Waals surface area (Å²) in [5.74, 6) is -0.0803. The highest BCUT2D eigenvalue weighted by molar-refractivity contribution is 7.09. The minimum Gasteiger partial charge on any atom is -0.459 e. The first-order valence-corrected chi connectivity index (χ1v) is 8.37. The Morgan fingerprint density at radius 1 is 1.48 bits per heavy atom. The van der Waals surface area contributed by atoms with Gasteiger partial charge in [-0.2, -0.15) is 10.1 Å². The van der Waals surface area contributed by atoms with Crippen LogP contribution in [0.3, 0.4) is 0 Å². The van der Waals surface area contributed by atoms with E-state index >= 15 is 0 Å². The van der Waals surface area contributed by atoms with E-state index in [9.17, 15) is 4.79 Å². The van der Waals surface area contributed by atoms with E-state index in [0.717, 1.165) is 35.4 Å². The van der Waals surface area contributed by atoms with Gasteiger partial charge in [0.2, 0.25) is 0 Å². The number of aryl methyl sites for hydroxylation is 2. The Kier molecular flexibility index (Phi) is 3.30. The minimum absolute atomic E-state index is 0.265. The average Bonchev–Trinajstić information content (AvgIpc) is 3.25. The average molecular weight is 328 g/mol. The predicted octanol–water partition coefficient (Wildman–Crippen LogP) is 2.40. The molecular weight excluding hydrogens is 312 g/mol. The molecule has 1 amide bonds. The van der Waals surface area contributed by atoms with Crippen molar-refractivity contribution in [2.45, 2.75) is 26.3 Å². The third kappa shape index (κ3) is 2.19. The molecule has 23 heavy (non-hydrogen) atoms. The molecule has 3 aromatic heterocycles. The summed E-state index contributed by atoms with van der Waals surface area (Å²) in [6, 6.07) is 3.33. The molecule has 0 saturated carbocycles. The standard InChI is InChI=1S/C16H16N4O2S/c1-3-20-14-10-9-17-19(2)11(10)6-7-13(14)23-16(20)18-15(21)12-5-4-8-22-12/h4-5,8-9H,3,6-7H2,1-2H3. The highest BCUT2D eigenvalue weighted by Gasteiger charge is 2.25. The lowest BCUT2D eigenvalue weighted by molar-refractivity contribution is 0.0971. The molecule has 0 fully saturated rings. The van der Waals surface area contributed by atoms with Crippen molar-refractivity contribution in [3.05, 3.63) is 45.7 Å². The van der Waals surface area contributed by atoms with E-state index in [-0.39, 0.29) is 11.7 Å². The van der Waals surface area contributed by atoms with Gasteiger partial charge in [-0.15, -0.1) is 11.3 Å². The number of carbonyl (C=O) groups excluding carboxylic acids is 1. The fourth-order valence-electron chi connectivity index (χ4n) is 3.03. The summed E-state index contributed by atoms with van der Waals surface area (Å²) in [4.78, 5) is 18.5. The molecule has 0 unspecified atom stereocenters. The lowest BCUT2D eigenvalue weighted by atomic mass is 10.00. The molecule has 6 nitrogen and oxygen atoms in total. The first-order chi connectivity index (χ1) is 11.2. The molecule has 0 aliphatic heterocycles. The molecule has 0 N–H and O–H groups in total. The molecular formula is C16H16N4O2S. The van der Waals surface area contributed by atoms with Crippen molar-refractivity contribution in [2.24, 2.45) is 12.0 Å². The van der Waals surface area contributed by atoms with Crippen LogP contribution in [0.5, 0.6) is 0 Å². The Balaban J connectivity index is 1.89. The van der Waals surface area contributed by atoms with Crippen LogP contribution in [-0.2, 0) is 26.4 Å². The van der Waals surface area contributed by atoms with Crippen molar-refractivity contribution in [2.75, 3.05) is 0 Å². The second kappa shape index (κ2) is 5.34. The maximum Gasteiger partial charge on any atom is 0.315 e. The van der Waals surface area contributed by atoms with E-state index in [1.54, 1.807) is 23.5 Å². The minimum atomic E-state index is -0.345. The maximum atomic E-state index is 12.2. The molecule has 1 aliphatic rings. The van der Waals surface area contributed by atoms with Crippen LogP contribution in [0, 0.1) is 0 Å². The molecule has 1 aliphatic carbocycles. The van der Waals surface area contributed by atoms with E-state index < -0.39 is 0 Å². The zero-order valence-corrected chi connectivity index (χ0v) is 13.8. The van der Waals surface area contributed by atoms with Crippen molar-refractivity contribution < 1.29 is 9.21 Å². The number of amides is 1. The zero-order valence-electron chi connectivity index (χ0n) is 12.9. The monoisotopic (exact) mass is 328 g/mol. The Morgan fingerprint density at radius 3 is 3.09 bits per heavy atom. The number of rotatable bonds is 2. The number of thiazole rings is 1. The number of fused-ring (bicyclic) bond motifs is 3. The van der Waals surface area contributed by atoms with Crippen LogP contribution in [0.1, 0.15) is 28.0 Å². The van der Waals surface area contributed by atoms with E-state index in [4.69, 9.17) is 4.42 Å². The molecule has 4 rings (SSSR count). The second-order valence-electron chi connectivity index (χ2n) is 5.42. The van der Waals surface area contributed by atoms with E-state index in [0.29, 0.717) is 0 Å². The van der Waals surface area contributed by atoms with Gasteiger partial charge in [0.15, 0.2) is 10.6 Å². The van der Waals surface area contributed by atoms with Gasteiger partial charge in [0.1, 0.15) is 0 Å². The number of hydrogen-bond acceptors (Lipinski definition) is 4. The van der Waals surface area contributed by atoms with E-state index in [1.165, 1.54) is 16.8 Å². The van der Waals surface area contributed by atoms with Crippen LogP contribution in [0.2, 0.25) is 0 Å². The molecule has 3 aromatic rings. The Bertz CT molecular complexity index is 944. The van der Waals surface area contributed by atoms with Gasteiger partial charge in [0.05, 0.1) is 18.2 Å². The van der Waals surface area contributed by atoms with Crippen LogP contribution >= 0.6 is 11.3 Å². The largest absolute Gasteiger partial charge is 0.459 e. The van der Waals surface area contributed by atoms with Crippen LogP contribution in [0.4, 0.5) is 0 Å². The molecule has 7 heteroatoms. The highest BCUT2D eigenvalue weighted by atomic mass is 32.1. The number of aromatic nitrogens is 3. The highest BCUT2D eigenvalue weighted by Crippen LogP contribution is 2.34. The molecule has 0 radical (unpaired) electrons. The third-order valence-corrected chi connectivity index (χ3v) is 5.27. The molecule has 0 bridgehead atoms. The Morgan fingerprint density at radius 2 is 2.35 bits per heavy atom. The summed E-state index contributed by atoms with van der Waals surface area (Å²) >= 11 is 1.58. The topological polar surface area (TPSA) is 65.3 Å². The lowest BCUT2D eigenvalue weighted by Crippen LogP contribution is -2.18. The lowest BCUT2D eigenvalue weighted by Gasteiger charge is -2.15. The number of furan rings is 1. The number of carbonyl (C=O) groups is 1. The van der Waals surface area contributed by atoms with E-state index in [2.05, 4.69) is 21.6 Å². The van der Waals surface area contributed by atoms with Gasteiger partial charge in [-0.05, 0) is 31.9 Å². The smallest absolute Gasteiger partial charge is 0.315 e. The molecule has 118 valence electrons. The summed E-state index contributed by atoms with van der Waals surface area (Å²) in [6.07, 6.45) is 5.31. The quantitative estimate of drug-likeness (QED) is 0.725. The molecule has 0 atom stereocenters. The van der Waals surface area contributed by atoms with Crippen LogP contribution in [0.15, 0.2) is 34.0 Å². The fourth-order valence-corrected chi connectivity index (χ4v) is 4.23. The van der Waals surface area contributed by atoms with Crippen molar-refractivity contribution >= 4 is 17.2 Å². The van der Waals surface area contributed by atoms with Crippen molar-refractivity contribution in [3.8, 4) is 11.3 Å². The van der Waals surface area contributed by atoms with Crippen LogP contribution in [0.25, 0.3) is 11.3 Å². The first-order valence-electron chi connectivity index (χ1n) is 7.55. The molecule has 0 saturated heterocycles. The van der Waals surface area contributed by atoms with Crippen molar-refractivity contribution in [3.63, 3.8) is 0 Å². The summed E-state index contributed by atoms with van der Waals surface area (Å²) < 4.78 is 9.17. The predicted molar refractivity (Wildman–Crippen MR) is 86.2 cm³/mol. The number of hydrogen-bond donors (Lipinski definition) is 0.